The van der Waals surface area contributed by atoms with Crippen LogP contribution in [0.15, 0.2) is 24.3 Å². The molecule has 0 aromatic heterocycles. The summed E-state index contributed by atoms with van der Waals surface area (Å²) in [5, 5.41) is 41.6. The second-order valence-electron chi connectivity index (χ2n) is 18.7. The van der Waals surface area contributed by atoms with Crippen molar-refractivity contribution < 1.29 is 63.2 Å². The van der Waals surface area contributed by atoms with Gasteiger partial charge in [0.1, 0.15) is 60.1 Å². The highest BCUT2D eigenvalue weighted by molar-refractivity contribution is 5.98. The Bertz CT molecular complexity index is 1910. The molecule has 3 rings (SSSR count). The van der Waals surface area contributed by atoms with Gasteiger partial charge in [0.05, 0.1) is 0 Å². The molecule has 3 unspecified atom stereocenters. The van der Waals surface area contributed by atoms with E-state index in [1.54, 1.807) is 67.5 Å². The number of esters is 1. The van der Waals surface area contributed by atoms with E-state index in [1.165, 1.54) is 26.1 Å². The van der Waals surface area contributed by atoms with Crippen LogP contribution < -0.4 is 21.3 Å². The van der Waals surface area contributed by atoms with Crippen LogP contribution in [0.4, 0.5) is 0 Å². The number of Topliss-reactive ketones (excluding diaryl/α,β-unsaturated/α-hetero) is 1. The number of hydrogen-bond donors (Lipinski definition) is 7. The van der Waals surface area contributed by atoms with Crippen LogP contribution in [0.25, 0.3) is 0 Å². The maximum Gasteiger partial charge on any atom is 0.329 e. The number of aromatic hydroxyl groups is 1. The van der Waals surface area contributed by atoms with E-state index in [0.29, 0.717) is 18.4 Å². The van der Waals surface area contributed by atoms with E-state index >= 15 is 0 Å². The smallest absolute Gasteiger partial charge is 0.329 e. The van der Waals surface area contributed by atoms with Crippen LogP contribution in [-0.2, 0) is 54.3 Å². The number of ether oxygens (including phenoxy) is 1. The van der Waals surface area contributed by atoms with Crippen molar-refractivity contribution >= 4 is 53.2 Å². The highest BCUT2D eigenvalue weighted by Gasteiger charge is 2.47. The van der Waals surface area contributed by atoms with Crippen LogP contribution in [0.3, 0.4) is 0 Å². The minimum absolute atomic E-state index is 0.0246. The van der Waals surface area contributed by atoms with E-state index in [-0.39, 0.29) is 56.0 Å². The summed E-state index contributed by atoms with van der Waals surface area (Å²) >= 11 is 0. The van der Waals surface area contributed by atoms with E-state index in [4.69, 9.17) is 4.74 Å². The molecule has 2 aliphatic heterocycles. The molecule has 19 heteroatoms. The molecule has 0 radical (unpaired) electrons. The number of aliphatic hydroxyl groups is 1. The first-order valence-corrected chi connectivity index (χ1v) is 23.1. The monoisotopic (exact) mass is 929 g/mol. The van der Waals surface area contributed by atoms with Gasteiger partial charge in [-0.05, 0) is 68.1 Å². The Labute approximate surface area is 387 Å². The molecule has 0 saturated carbocycles. The second kappa shape index (κ2) is 24.8. The summed E-state index contributed by atoms with van der Waals surface area (Å²) in [6.45, 7) is 15.1. The van der Waals surface area contributed by atoms with E-state index in [1.807, 2.05) is 0 Å². The number of carbonyl (C=O) groups excluding carboxylic acids is 8. The molecule has 0 spiro atoms. The lowest BCUT2D eigenvalue weighted by Gasteiger charge is -2.44. The fourth-order valence-electron chi connectivity index (χ4n) is 8.09. The van der Waals surface area contributed by atoms with Crippen LogP contribution in [0.5, 0.6) is 5.75 Å². The number of fused-ring (bicyclic) bond motifs is 2. The molecule has 0 aliphatic carbocycles. The standard InChI is InChI=1S/C47H72N6O13/c1-11-26(7)38-47(65)66-28(9)39(51-41(59)30(15-20-37(57)58)23-35(55)25(5)6)44(62)49-33(21-24(3)4)42(60)48-32-18-19-36(56)53(45(32)63)40(27(8)12-2)46(64)52(10)34(43(61)50-38)22-29-13-16-31(54)17-14-29/h13-14,16-17,24-28,30,32-34,36,38-40,54,56H,11-12,15,18-23H2,1-10H3,(H,48,60)(H,49,62)(H,50,61)(H,51,59)(H,57,58)/t26?,27?,28-,30-,32?,33+,34+,36+,38+,39+,40+/m1/s1. The number of carboxylic acid groups (broad SMARTS) is 1. The van der Waals surface area contributed by atoms with Crippen LogP contribution in [-0.4, -0.2) is 134 Å². The number of nitrogens with zero attached hydrogens (tertiary/aromatic N) is 2. The van der Waals surface area contributed by atoms with E-state index in [9.17, 15) is 58.5 Å². The van der Waals surface area contributed by atoms with Crippen molar-refractivity contribution in [2.75, 3.05) is 7.05 Å². The quantitative estimate of drug-likeness (QED) is 0.117. The summed E-state index contributed by atoms with van der Waals surface area (Å²) < 4.78 is 5.91. The third kappa shape index (κ3) is 14.7. The Hall–Kier alpha value is -5.59. The summed E-state index contributed by atoms with van der Waals surface area (Å²) in [6, 6.07) is -2.42. The zero-order valence-corrected chi connectivity index (χ0v) is 40.0. The van der Waals surface area contributed by atoms with Crippen molar-refractivity contribution in [3.05, 3.63) is 29.8 Å². The molecule has 2 fully saturated rings. The van der Waals surface area contributed by atoms with Crippen molar-refractivity contribution in [3.63, 3.8) is 0 Å². The predicted molar refractivity (Wildman–Crippen MR) is 241 cm³/mol. The van der Waals surface area contributed by atoms with Gasteiger partial charge >= 0.3 is 11.9 Å². The van der Waals surface area contributed by atoms with Crippen molar-refractivity contribution in [1.29, 1.82) is 0 Å². The number of likely N-dealkylation sites (N-methyl/N-ethyl adjacent to an activating group) is 1. The Morgan fingerprint density at radius 2 is 1.47 bits per heavy atom. The summed E-state index contributed by atoms with van der Waals surface area (Å²) in [5.74, 6) is -10.6. The Morgan fingerprint density at radius 1 is 0.848 bits per heavy atom. The molecular formula is C47H72N6O13. The van der Waals surface area contributed by atoms with Crippen LogP contribution >= 0.6 is 0 Å². The Kier molecular flexibility index (Phi) is 20.6. The van der Waals surface area contributed by atoms with Gasteiger partial charge in [-0.15, -0.1) is 0 Å². The number of rotatable bonds is 16. The number of phenols is 1. The largest absolute Gasteiger partial charge is 0.508 e. The lowest BCUT2D eigenvalue weighted by molar-refractivity contribution is -0.168. The fraction of sp³-hybridized carbons (Fsp3) is 0.681. The normalized spacial score (nSPS) is 26.5. The van der Waals surface area contributed by atoms with Gasteiger partial charge in [-0.2, -0.15) is 0 Å². The molecule has 2 aliphatic rings. The minimum Gasteiger partial charge on any atom is -0.508 e. The molecule has 2 heterocycles. The average Bonchev–Trinajstić information content (AvgIpc) is 3.25. The van der Waals surface area contributed by atoms with Crippen molar-refractivity contribution in [2.45, 2.75) is 169 Å². The van der Waals surface area contributed by atoms with E-state index in [0.717, 1.165) is 9.80 Å². The predicted octanol–water partition coefficient (Wildman–Crippen LogP) is 2.19. The third-order valence-electron chi connectivity index (χ3n) is 12.7. The summed E-state index contributed by atoms with van der Waals surface area (Å²) in [7, 11) is 1.38. The molecule has 66 heavy (non-hydrogen) atoms. The molecule has 6 amide bonds. The van der Waals surface area contributed by atoms with Gasteiger partial charge < -0.3 is 51.1 Å². The molecule has 2 bridgehead atoms. The topological polar surface area (TPSA) is 278 Å². The van der Waals surface area contributed by atoms with E-state index < -0.39 is 126 Å². The number of benzene rings is 1. The highest BCUT2D eigenvalue weighted by atomic mass is 16.5. The number of cyclic esters (lactones) is 1. The van der Waals surface area contributed by atoms with Crippen molar-refractivity contribution in [3.8, 4) is 5.75 Å². The summed E-state index contributed by atoms with van der Waals surface area (Å²) in [6.07, 6.45) is -3.48. The van der Waals surface area contributed by atoms with Gasteiger partial charge in [0.15, 0.2) is 0 Å². The van der Waals surface area contributed by atoms with Gasteiger partial charge in [0, 0.05) is 38.1 Å². The first-order valence-electron chi connectivity index (χ1n) is 23.1. The molecule has 2 saturated heterocycles. The zero-order chi connectivity index (χ0) is 49.7. The first kappa shape index (κ1) is 54.7. The Balaban J connectivity index is 2.27. The fourth-order valence-corrected chi connectivity index (χ4v) is 8.09. The molecule has 11 atom stereocenters. The highest BCUT2D eigenvalue weighted by Crippen LogP contribution is 2.28. The molecule has 19 nitrogen and oxygen atoms in total. The summed E-state index contributed by atoms with van der Waals surface area (Å²) in [4.78, 5) is 128. The summed E-state index contributed by atoms with van der Waals surface area (Å²) in [5.41, 5.74) is 0.525. The maximum atomic E-state index is 14.9. The van der Waals surface area contributed by atoms with Crippen molar-refractivity contribution in [1.82, 2.24) is 31.1 Å². The third-order valence-corrected chi connectivity index (χ3v) is 12.7. The number of aliphatic carboxylic acids is 1. The van der Waals surface area contributed by atoms with Crippen molar-refractivity contribution in [2.24, 2.45) is 29.6 Å². The first-order chi connectivity index (χ1) is 30.9. The maximum absolute atomic E-state index is 14.9. The van der Waals surface area contributed by atoms with E-state index in [2.05, 4.69) is 21.3 Å². The number of ketones is 1. The number of carbonyl (C=O) groups is 9. The number of hydrogen-bond acceptors (Lipinski definition) is 12. The number of carboxylic acids is 1. The average molecular weight is 929 g/mol. The number of phenolic OH excluding ortho intramolecular Hbond substituents is 1. The van der Waals surface area contributed by atoms with Gasteiger partial charge in [-0.3, -0.25) is 38.4 Å². The second-order valence-corrected chi connectivity index (χ2v) is 18.7. The molecule has 1 aromatic rings. The number of piperidine rings is 1. The van der Waals surface area contributed by atoms with Gasteiger partial charge in [-0.1, -0.05) is 80.4 Å². The lowest BCUT2D eigenvalue weighted by Crippen LogP contribution is -2.66. The van der Waals surface area contributed by atoms with Gasteiger partial charge in [0.2, 0.25) is 35.4 Å². The van der Waals surface area contributed by atoms with Crippen LogP contribution in [0.1, 0.15) is 119 Å². The number of amides is 6. The van der Waals surface area contributed by atoms with Crippen LogP contribution in [0.2, 0.25) is 0 Å². The molecule has 1 aromatic carbocycles. The molecule has 368 valence electrons. The lowest BCUT2D eigenvalue weighted by atomic mass is 9.91. The zero-order valence-electron chi connectivity index (χ0n) is 40.0. The van der Waals surface area contributed by atoms with Gasteiger partial charge in [-0.25, -0.2) is 4.79 Å². The number of aliphatic hydroxyl groups excluding tert-OH is 1. The molecule has 7 N–H and O–H groups in total. The molecular weight excluding hydrogens is 857 g/mol. The minimum atomic E-state index is -1.73. The number of nitrogens with one attached hydrogen (secondary N) is 4. The SMILES string of the molecule is CCC(C)[C@@H]1NC(=O)[C@H](Cc2ccc(O)cc2)N(C)C(=O)[C@H](C(C)CC)N2C(=O)C(CC[C@@H]2O)NC(=O)[C@H](CC(C)C)NC(=O)[C@@H](NC(=O)[C@H](CCC(=O)O)CC(=O)C(C)C)[C@@H](C)OC1=O. The van der Waals surface area contributed by atoms with Crippen LogP contribution in [0, 0.1) is 29.6 Å². The Morgan fingerprint density at radius 3 is 2.03 bits per heavy atom. The van der Waals surface area contributed by atoms with Gasteiger partial charge in [0.25, 0.3) is 0 Å².